The van der Waals surface area contributed by atoms with E-state index in [0.717, 1.165) is 12.8 Å². The summed E-state index contributed by atoms with van der Waals surface area (Å²) < 4.78 is 0. The topological polar surface area (TPSA) is 69.2 Å². The molecule has 2 N–H and O–H groups in total. The van der Waals surface area contributed by atoms with Crippen LogP contribution in [-0.4, -0.2) is 11.0 Å². The zero-order valence-corrected chi connectivity index (χ0v) is 13.2. The molecule has 0 heterocycles. The molecule has 1 saturated carbocycles. The van der Waals surface area contributed by atoms with Gasteiger partial charge in [0.05, 0.1) is 9.95 Å². The fourth-order valence-electron chi connectivity index (χ4n) is 3.47. The number of hydrogen-bond acceptors (Lipinski definition) is 3. The number of nitro groups is 1. The first kappa shape index (κ1) is 16.2. The summed E-state index contributed by atoms with van der Waals surface area (Å²) in [6.07, 6.45) is 6.24. The van der Waals surface area contributed by atoms with E-state index in [1.165, 1.54) is 25.3 Å². The lowest BCUT2D eigenvalue weighted by atomic mass is 9.74. The van der Waals surface area contributed by atoms with Gasteiger partial charge < -0.3 is 5.73 Å². The molecule has 0 spiro atoms. The third-order valence-electron chi connectivity index (χ3n) is 4.60. The van der Waals surface area contributed by atoms with E-state index in [1.807, 2.05) is 0 Å². The maximum atomic E-state index is 11.2. The first-order valence-corrected chi connectivity index (χ1v) is 8.08. The summed E-state index contributed by atoms with van der Waals surface area (Å²) in [7, 11) is 0. The summed E-state index contributed by atoms with van der Waals surface area (Å²) in [6.45, 7) is 2.20. The minimum Gasteiger partial charge on any atom is -0.327 e. The lowest BCUT2D eigenvalue weighted by Gasteiger charge is -2.34. The highest BCUT2D eigenvalue weighted by Gasteiger charge is 2.30. The van der Waals surface area contributed by atoms with Crippen LogP contribution in [0.5, 0.6) is 0 Å². The highest BCUT2D eigenvalue weighted by atomic mass is 35.5. The molecule has 1 aliphatic rings. The van der Waals surface area contributed by atoms with E-state index in [2.05, 4.69) is 6.92 Å². The molecule has 0 saturated heterocycles. The second-order valence-corrected chi connectivity index (χ2v) is 6.50. The average Bonchev–Trinajstić information content (AvgIpc) is 2.44. The molecule has 1 fully saturated rings. The minimum absolute atomic E-state index is 0.118. The van der Waals surface area contributed by atoms with Crippen molar-refractivity contribution in [3.63, 3.8) is 0 Å². The van der Waals surface area contributed by atoms with Gasteiger partial charge >= 0.3 is 0 Å². The molecule has 1 aliphatic carbocycles. The number of nitro benzene ring substituents is 1. The van der Waals surface area contributed by atoms with Gasteiger partial charge in [0.25, 0.3) is 5.69 Å². The summed E-state index contributed by atoms with van der Waals surface area (Å²) >= 11 is 6.19. The minimum atomic E-state index is -0.348. The summed E-state index contributed by atoms with van der Waals surface area (Å²) in [5.74, 6) is 0.982. The van der Waals surface area contributed by atoms with Crippen molar-refractivity contribution in [2.45, 2.75) is 51.5 Å². The summed E-state index contributed by atoms with van der Waals surface area (Å²) in [5.41, 5.74) is 7.01. The Morgan fingerprint density at radius 3 is 2.86 bits per heavy atom. The molecule has 1 aromatic carbocycles. The van der Waals surface area contributed by atoms with Crippen LogP contribution in [0.25, 0.3) is 0 Å². The van der Waals surface area contributed by atoms with Crippen molar-refractivity contribution < 1.29 is 4.92 Å². The lowest BCUT2D eigenvalue weighted by Crippen LogP contribution is -2.37. The van der Waals surface area contributed by atoms with Gasteiger partial charge in [-0.2, -0.15) is 0 Å². The summed E-state index contributed by atoms with van der Waals surface area (Å²) in [6, 6.07) is 5.00. The Morgan fingerprint density at radius 2 is 2.19 bits per heavy atom. The van der Waals surface area contributed by atoms with Crippen molar-refractivity contribution in [2.75, 3.05) is 0 Å². The maximum Gasteiger partial charge on any atom is 0.274 e. The van der Waals surface area contributed by atoms with Gasteiger partial charge in [-0.1, -0.05) is 37.4 Å². The first-order valence-electron chi connectivity index (χ1n) is 7.70. The molecule has 3 atom stereocenters. The largest absolute Gasteiger partial charge is 0.327 e. The van der Waals surface area contributed by atoms with E-state index in [0.29, 0.717) is 22.9 Å². The molecule has 116 valence electrons. The highest BCUT2D eigenvalue weighted by molar-refractivity contribution is 6.31. The van der Waals surface area contributed by atoms with Crippen LogP contribution in [0.2, 0.25) is 5.02 Å². The van der Waals surface area contributed by atoms with Gasteiger partial charge in [-0.25, -0.2) is 0 Å². The highest BCUT2D eigenvalue weighted by Crippen LogP contribution is 2.36. The van der Waals surface area contributed by atoms with Gasteiger partial charge in [-0.3, -0.25) is 10.1 Å². The normalized spacial score (nSPS) is 25.8. The van der Waals surface area contributed by atoms with Gasteiger partial charge in [0.15, 0.2) is 0 Å². The Labute approximate surface area is 130 Å². The molecule has 0 aromatic heterocycles. The van der Waals surface area contributed by atoms with Crippen LogP contribution in [0.1, 0.15) is 44.6 Å². The fraction of sp³-hybridized carbons (Fsp3) is 0.625. The number of benzene rings is 1. The summed E-state index contributed by atoms with van der Waals surface area (Å²) in [4.78, 5) is 10.8. The summed E-state index contributed by atoms with van der Waals surface area (Å²) in [5, 5.41) is 11.7. The molecule has 21 heavy (non-hydrogen) atoms. The predicted molar refractivity (Wildman–Crippen MR) is 85.5 cm³/mol. The maximum absolute atomic E-state index is 11.2. The van der Waals surface area contributed by atoms with Crippen molar-refractivity contribution in [1.82, 2.24) is 0 Å². The van der Waals surface area contributed by atoms with Crippen LogP contribution in [-0.2, 0) is 6.42 Å². The number of rotatable bonds is 5. The molecule has 2 rings (SSSR count). The van der Waals surface area contributed by atoms with E-state index < -0.39 is 0 Å². The molecule has 0 radical (unpaired) electrons. The van der Waals surface area contributed by atoms with Crippen molar-refractivity contribution in [1.29, 1.82) is 0 Å². The van der Waals surface area contributed by atoms with Gasteiger partial charge in [0.2, 0.25) is 0 Å². The smallest absolute Gasteiger partial charge is 0.274 e. The Morgan fingerprint density at radius 1 is 1.43 bits per heavy atom. The van der Waals surface area contributed by atoms with Gasteiger partial charge in [-0.15, -0.1) is 0 Å². The van der Waals surface area contributed by atoms with Crippen LogP contribution in [0.4, 0.5) is 5.69 Å². The lowest BCUT2D eigenvalue weighted by molar-refractivity contribution is -0.385. The Hall–Kier alpha value is -1.13. The standard InChI is InChI=1S/C16H23ClN2O2/c1-2-4-11-7-8-15(18)12(9-11)10-13-14(17)5-3-6-16(13)19(20)21/h3,5-6,11-12,15H,2,4,7-10,18H2,1H3. The second-order valence-electron chi connectivity index (χ2n) is 6.09. The van der Waals surface area contributed by atoms with Crippen molar-refractivity contribution in [3.8, 4) is 0 Å². The van der Waals surface area contributed by atoms with Crippen molar-refractivity contribution >= 4 is 17.3 Å². The molecule has 4 nitrogen and oxygen atoms in total. The molecule has 0 amide bonds. The van der Waals surface area contributed by atoms with Crippen LogP contribution in [0, 0.1) is 22.0 Å². The van der Waals surface area contributed by atoms with Gasteiger partial charge in [0.1, 0.15) is 0 Å². The molecule has 5 heteroatoms. The molecule has 1 aromatic rings. The van der Waals surface area contributed by atoms with E-state index >= 15 is 0 Å². The zero-order valence-electron chi connectivity index (χ0n) is 12.4. The predicted octanol–water partition coefficient (Wildman–Crippen LogP) is 4.33. The number of hydrogen-bond donors (Lipinski definition) is 1. The molecule has 0 bridgehead atoms. The van der Waals surface area contributed by atoms with E-state index in [9.17, 15) is 10.1 Å². The molecule has 3 unspecified atom stereocenters. The SMILES string of the molecule is CCCC1CCC(N)C(Cc2c(Cl)cccc2[N+](=O)[O-])C1. The number of nitrogens with two attached hydrogens (primary N) is 1. The fourth-order valence-corrected chi connectivity index (χ4v) is 3.72. The van der Waals surface area contributed by atoms with Gasteiger partial charge in [-0.05, 0) is 43.6 Å². The van der Waals surface area contributed by atoms with Crippen molar-refractivity contribution in [2.24, 2.45) is 17.6 Å². The third kappa shape index (κ3) is 3.95. The number of nitrogens with zero attached hydrogens (tertiary/aromatic N) is 1. The van der Waals surface area contributed by atoms with E-state index in [1.54, 1.807) is 12.1 Å². The Bertz CT molecular complexity index is 507. The van der Waals surface area contributed by atoms with E-state index in [-0.39, 0.29) is 22.6 Å². The Kier molecular flexibility index (Phi) is 5.59. The molecular formula is C16H23ClN2O2. The van der Waals surface area contributed by atoms with Crippen LogP contribution >= 0.6 is 11.6 Å². The Balaban J connectivity index is 2.18. The monoisotopic (exact) mass is 310 g/mol. The average molecular weight is 311 g/mol. The second kappa shape index (κ2) is 7.23. The van der Waals surface area contributed by atoms with Crippen molar-refractivity contribution in [3.05, 3.63) is 38.9 Å². The van der Waals surface area contributed by atoms with Crippen LogP contribution in [0.15, 0.2) is 18.2 Å². The molecule has 0 aliphatic heterocycles. The quantitative estimate of drug-likeness (QED) is 0.650. The van der Waals surface area contributed by atoms with E-state index in [4.69, 9.17) is 17.3 Å². The van der Waals surface area contributed by atoms with Crippen LogP contribution in [0.3, 0.4) is 0 Å². The van der Waals surface area contributed by atoms with Gasteiger partial charge in [0, 0.05) is 17.7 Å². The number of halogens is 1. The first-order chi connectivity index (χ1) is 10.0. The zero-order chi connectivity index (χ0) is 15.4. The third-order valence-corrected chi connectivity index (χ3v) is 4.96. The van der Waals surface area contributed by atoms with Crippen LogP contribution < -0.4 is 5.73 Å². The molecular weight excluding hydrogens is 288 g/mol.